The summed E-state index contributed by atoms with van der Waals surface area (Å²) in [6.07, 6.45) is 2.99. The molecule has 2 N–H and O–H groups in total. The van der Waals surface area contributed by atoms with Gasteiger partial charge in [-0.25, -0.2) is 0 Å². The van der Waals surface area contributed by atoms with Gasteiger partial charge in [0.1, 0.15) is 24.2 Å². The minimum Gasteiger partial charge on any atom is -0.457 e. The van der Waals surface area contributed by atoms with Gasteiger partial charge in [0.25, 0.3) is 0 Å². The Morgan fingerprint density at radius 1 is 0.974 bits per heavy atom. The number of aliphatic hydroxyl groups is 2. The van der Waals surface area contributed by atoms with Crippen molar-refractivity contribution in [1.82, 2.24) is 0 Å². The van der Waals surface area contributed by atoms with Crippen molar-refractivity contribution in [3.63, 3.8) is 0 Å². The lowest BCUT2D eigenvalue weighted by Gasteiger charge is -2.51. The van der Waals surface area contributed by atoms with Gasteiger partial charge < -0.3 is 33.9 Å². The summed E-state index contributed by atoms with van der Waals surface area (Å²) < 4.78 is 29.2. The van der Waals surface area contributed by atoms with Crippen LogP contribution in [0.1, 0.15) is 58.1 Å². The molecule has 1 aromatic rings. The number of methoxy groups -OCH3 is 3. The minimum absolute atomic E-state index is 0.169. The molecule has 10 atom stereocenters. The average Bonchev–Trinajstić information content (AvgIpc) is 2.90. The molecule has 1 unspecified atom stereocenters. The van der Waals surface area contributed by atoms with E-state index in [0.717, 1.165) is 24.8 Å². The van der Waals surface area contributed by atoms with Crippen molar-refractivity contribution >= 4 is 17.6 Å². The first-order valence-electron chi connectivity index (χ1n) is 13.4. The number of esters is 1. The van der Waals surface area contributed by atoms with Crippen LogP contribution in [0.15, 0.2) is 36.4 Å². The second kappa shape index (κ2) is 13.7. The van der Waals surface area contributed by atoms with Crippen LogP contribution in [0.3, 0.4) is 0 Å². The summed E-state index contributed by atoms with van der Waals surface area (Å²) >= 11 is 6.09. The third kappa shape index (κ3) is 6.78. The predicted molar refractivity (Wildman–Crippen MR) is 144 cm³/mol. The summed E-state index contributed by atoms with van der Waals surface area (Å²) in [6.45, 7) is 5.32. The zero-order valence-electron chi connectivity index (χ0n) is 23.2. The molecule has 0 radical (unpaired) electrons. The van der Waals surface area contributed by atoms with Crippen LogP contribution in [-0.2, 0) is 28.5 Å². The van der Waals surface area contributed by atoms with Gasteiger partial charge in [-0.15, -0.1) is 0 Å². The van der Waals surface area contributed by atoms with Crippen LogP contribution in [0.4, 0.5) is 0 Å². The van der Waals surface area contributed by atoms with Crippen LogP contribution in [0, 0.1) is 17.8 Å². The van der Waals surface area contributed by atoms with Crippen molar-refractivity contribution in [2.24, 2.45) is 17.8 Å². The van der Waals surface area contributed by atoms with Crippen LogP contribution < -0.4 is 0 Å². The SMILES string of the molecule is COC1CCCC[C@@H](c2ccc(Cl)cc2)OC(=O)[C@@H](C)[C@@]2(O)O[C@H]([C@@H](C)[C@H](O)[C@H]2OC)[C@@H](C)/C=C/[C@H]1OC. The maximum Gasteiger partial charge on any atom is 0.314 e. The normalized spacial score (nSPS) is 40.3. The van der Waals surface area contributed by atoms with Crippen molar-refractivity contribution in [3.8, 4) is 0 Å². The molecule has 214 valence electrons. The fraction of sp³-hybridized carbons (Fsp3) is 0.690. The zero-order valence-corrected chi connectivity index (χ0v) is 24.0. The minimum atomic E-state index is -2.11. The standard InChI is InChI=1S/C29H43ClO8/c1-17-11-16-24(35-5)23(34-4)10-8-7-9-22(20-12-14-21(30)15-13-20)37-28(32)19(3)29(33)27(36-6)25(31)18(2)26(17)38-29/h11-19,22-27,31,33H,7-10H2,1-6H3/b16-11+/t17-,18-,19+,22-,23?,24+,25-,26-,27+,29+/m0/s1. The summed E-state index contributed by atoms with van der Waals surface area (Å²) in [5.74, 6) is -4.50. The molecule has 0 saturated carbocycles. The molecule has 0 spiro atoms. The Hall–Kier alpha value is -1.52. The second-order valence-electron chi connectivity index (χ2n) is 10.5. The number of rotatable bonds is 4. The van der Waals surface area contributed by atoms with Crippen molar-refractivity contribution in [3.05, 3.63) is 47.0 Å². The molecule has 0 aromatic heterocycles. The van der Waals surface area contributed by atoms with E-state index in [-0.39, 0.29) is 24.0 Å². The van der Waals surface area contributed by atoms with E-state index in [1.165, 1.54) is 7.11 Å². The van der Waals surface area contributed by atoms with Gasteiger partial charge in [0, 0.05) is 38.2 Å². The van der Waals surface area contributed by atoms with E-state index in [1.807, 2.05) is 38.1 Å². The van der Waals surface area contributed by atoms with E-state index < -0.39 is 42.1 Å². The van der Waals surface area contributed by atoms with Crippen LogP contribution >= 0.6 is 11.6 Å². The summed E-state index contributed by atoms with van der Waals surface area (Å²) in [4.78, 5) is 13.5. The maximum absolute atomic E-state index is 13.5. The number of carbonyl (C=O) groups excluding carboxylic acids is 1. The highest BCUT2D eigenvalue weighted by atomic mass is 35.5. The van der Waals surface area contributed by atoms with E-state index in [9.17, 15) is 15.0 Å². The first-order valence-corrected chi connectivity index (χ1v) is 13.8. The smallest absolute Gasteiger partial charge is 0.314 e. The fourth-order valence-corrected chi connectivity index (χ4v) is 5.70. The number of cyclic esters (lactones) is 1. The molecule has 2 aliphatic rings. The molecule has 8 nitrogen and oxygen atoms in total. The first kappa shape index (κ1) is 31.0. The van der Waals surface area contributed by atoms with E-state index in [1.54, 1.807) is 33.3 Å². The van der Waals surface area contributed by atoms with Crippen LogP contribution in [-0.4, -0.2) is 73.8 Å². The highest BCUT2D eigenvalue weighted by Gasteiger charge is 2.58. The van der Waals surface area contributed by atoms with Gasteiger partial charge in [0.05, 0.1) is 18.3 Å². The molecule has 3 rings (SSSR count). The van der Waals surface area contributed by atoms with Crippen molar-refractivity contribution < 1.29 is 38.7 Å². The monoisotopic (exact) mass is 554 g/mol. The summed E-state index contributed by atoms with van der Waals surface area (Å²) in [5, 5.41) is 23.5. The lowest BCUT2D eigenvalue weighted by Crippen LogP contribution is -2.66. The average molecular weight is 555 g/mol. The predicted octanol–water partition coefficient (Wildman–Crippen LogP) is 4.46. The number of hydrogen-bond acceptors (Lipinski definition) is 8. The van der Waals surface area contributed by atoms with Gasteiger partial charge in [-0.3, -0.25) is 4.79 Å². The van der Waals surface area contributed by atoms with Gasteiger partial charge in [-0.2, -0.15) is 0 Å². The Kier molecular flexibility index (Phi) is 11.2. The largest absolute Gasteiger partial charge is 0.457 e. The van der Waals surface area contributed by atoms with Crippen LogP contribution in [0.2, 0.25) is 5.02 Å². The molecule has 2 bridgehead atoms. The van der Waals surface area contributed by atoms with E-state index in [0.29, 0.717) is 11.4 Å². The molecular formula is C29H43ClO8. The Labute approximate surface area is 231 Å². The van der Waals surface area contributed by atoms with Gasteiger partial charge in [-0.05, 0) is 43.9 Å². The quantitative estimate of drug-likeness (QED) is 0.415. The number of benzene rings is 1. The van der Waals surface area contributed by atoms with E-state index >= 15 is 0 Å². The molecule has 2 heterocycles. The van der Waals surface area contributed by atoms with Crippen LogP contribution in [0.5, 0.6) is 0 Å². The number of ether oxygens (including phenoxy) is 5. The lowest BCUT2D eigenvalue weighted by atomic mass is 9.78. The van der Waals surface area contributed by atoms with E-state index in [2.05, 4.69) is 0 Å². The Bertz CT molecular complexity index is 924. The molecule has 9 heteroatoms. The first-order chi connectivity index (χ1) is 18.1. The number of hydrogen-bond donors (Lipinski definition) is 2. The van der Waals surface area contributed by atoms with Crippen LogP contribution in [0.25, 0.3) is 0 Å². The van der Waals surface area contributed by atoms with Crippen molar-refractivity contribution in [2.75, 3.05) is 21.3 Å². The summed E-state index contributed by atoms with van der Waals surface area (Å²) in [6, 6.07) is 7.18. The molecule has 1 saturated heterocycles. The Balaban J connectivity index is 2.01. The highest BCUT2D eigenvalue weighted by molar-refractivity contribution is 6.30. The van der Waals surface area contributed by atoms with Gasteiger partial charge in [0.2, 0.25) is 5.79 Å². The highest BCUT2D eigenvalue weighted by Crippen LogP contribution is 2.42. The van der Waals surface area contributed by atoms with E-state index in [4.69, 9.17) is 35.3 Å². The molecule has 2 aliphatic heterocycles. The van der Waals surface area contributed by atoms with Gasteiger partial charge in [-0.1, -0.05) is 56.2 Å². The Morgan fingerprint density at radius 3 is 2.24 bits per heavy atom. The van der Waals surface area contributed by atoms with Gasteiger partial charge in [0.15, 0.2) is 0 Å². The summed E-state index contributed by atoms with van der Waals surface area (Å²) in [7, 11) is 4.69. The molecule has 1 fully saturated rings. The number of fused-ring (bicyclic) bond motifs is 2. The molecule has 1 aromatic carbocycles. The van der Waals surface area contributed by atoms with Crippen molar-refractivity contribution in [2.45, 2.75) is 88.9 Å². The number of halogens is 1. The molecular weight excluding hydrogens is 512 g/mol. The zero-order chi connectivity index (χ0) is 28.0. The molecule has 0 aliphatic carbocycles. The van der Waals surface area contributed by atoms with Gasteiger partial charge >= 0.3 is 5.97 Å². The third-order valence-electron chi connectivity index (χ3n) is 8.10. The molecule has 0 amide bonds. The summed E-state index contributed by atoms with van der Waals surface area (Å²) in [5.41, 5.74) is 0.803. The topological polar surface area (TPSA) is 104 Å². The maximum atomic E-state index is 13.5. The number of aliphatic hydroxyl groups excluding tert-OH is 1. The van der Waals surface area contributed by atoms with Crippen molar-refractivity contribution in [1.29, 1.82) is 0 Å². The third-order valence-corrected chi connectivity index (χ3v) is 8.35. The number of carbonyl (C=O) groups is 1. The lowest BCUT2D eigenvalue weighted by molar-refractivity contribution is -0.360. The Morgan fingerprint density at radius 2 is 1.63 bits per heavy atom. The fourth-order valence-electron chi connectivity index (χ4n) is 5.57. The molecule has 38 heavy (non-hydrogen) atoms. The second-order valence-corrected chi connectivity index (χ2v) is 11.0.